The molecule has 1 aliphatic heterocycles. The molecule has 0 aromatic carbocycles. The lowest BCUT2D eigenvalue weighted by molar-refractivity contribution is 0.128. The van der Waals surface area contributed by atoms with Gasteiger partial charge in [0.15, 0.2) is 15.7 Å². The predicted molar refractivity (Wildman–Crippen MR) is 83.2 cm³/mol. The highest BCUT2D eigenvalue weighted by atomic mass is 32.2. The fourth-order valence-corrected chi connectivity index (χ4v) is 4.67. The van der Waals surface area contributed by atoms with E-state index < -0.39 is 9.84 Å². The first-order chi connectivity index (χ1) is 9.10. The highest BCUT2D eigenvalue weighted by molar-refractivity contribution is 7.91. The molecule has 114 valence electrons. The second kappa shape index (κ2) is 5.16. The Kier molecular flexibility index (Phi) is 4.01. The number of piperazine rings is 1. The van der Waals surface area contributed by atoms with Crippen LogP contribution in [0.25, 0.3) is 0 Å². The molecule has 0 unspecified atom stereocenters. The summed E-state index contributed by atoms with van der Waals surface area (Å²) in [6, 6.07) is 0. The van der Waals surface area contributed by atoms with Crippen LogP contribution in [-0.2, 0) is 9.84 Å². The number of rotatable bonds is 2. The molecule has 0 radical (unpaired) electrons. The van der Waals surface area contributed by atoms with E-state index in [1.165, 1.54) is 17.8 Å². The summed E-state index contributed by atoms with van der Waals surface area (Å²) >= 11 is 1.17. The molecule has 2 heterocycles. The Morgan fingerprint density at radius 3 is 2.20 bits per heavy atom. The zero-order chi connectivity index (χ0) is 15.1. The second-order valence-electron chi connectivity index (χ2n) is 6.12. The third kappa shape index (κ3) is 3.07. The van der Waals surface area contributed by atoms with E-state index in [1.807, 2.05) is 0 Å². The van der Waals surface area contributed by atoms with Crippen molar-refractivity contribution in [3.05, 3.63) is 0 Å². The van der Waals surface area contributed by atoms with Gasteiger partial charge in [-0.15, -0.1) is 0 Å². The number of hydrogen-bond donors (Lipinski definition) is 1. The van der Waals surface area contributed by atoms with Gasteiger partial charge in [0.25, 0.3) is 0 Å². The quantitative estimate of drug-likeness (QED) is 0.878. The van der Waals surface area contributed by atoms with Gasteiger partial charge in [-0.2, -0.15) is 4.37 Å². The zero-order valence-electron chi connectivity index (χ0n) is 12.4. The lowest BCUT2D eigenvalue weighted by Gasteiger charge is -2.42. The van der Waals surface area contributed by atoms with E-state index in [4.69, 9.17) is 5.73 Å². The minimum Gasteiger partial charge on any atom is -0.382 e. The average Bonchev–Trinajstić information content (AvgIpc) is 2.70. The van der Waals surface area contributed by atoms with Crippen LogP contribution >= 0.6 is 11.5 Å². The van der Waals surface area contributed by atoms with E-state index in [0.717, 1.165) is 26.2 Å². The first-order valence-corrected chi connectivity index (χ1v) is 9.22. The van der Waals surface area contributed by atoms with Crippen molar-refractivity contribution in [2.45, 2.75) is 31.2 Å². The molecule has 1 saturated heterocycles. The van der Waals surface area contributed by atoms with Crippen LogP contribution in [-0.4, -0.2) is 55.7 Å². The summed E-state index contributed by atoms with van der Waals surface area (Å²) in [6.45, 7) is 9.97. The molecule has 0 spiro atoms. The van der Waals surface area contributed by atoms with E-state index in [0.29, 0.717) is 5.00 Å². The van der Waals surface area contributed by atoms with Crippen LogP contribution < -0.4 is 10.6 Å². The third-order valence-corrected chi connectivity index (χ3v) is 5.74. The smallest absolute Gasteiger partial charge is 0.182 e. The van der Waals surface area contributed by atoms with Gasteiger partial charge in [-0.1, -0.05) is 0 Å². The molecule has 20 heavy (non-hydrogen) atoms. The minimum absolute atomic E-state index is 0.116. The highest BCUT2D eigenvalue weighted by Gasteiger charge is 2.30. The first-order valence-electron chi connectivity index (χ1n) is 6.56. The molecule has 0 atom stereocenters. The topological polar surface area (TPSA) is 79.5 Å². The van der Waals surface area contributed by atoms with Crippen LogP contribution in [0.3, 0.4) is 0 Å². The number of sulfone groups is 1. The van der Waals surface area contributed by atoms with Crippen LogP contribution in [0, 0.1) is 0 Å². The molecule has 1 aromatic heterocycles. The summed E-state index contributed by atoms with van der Waals surface area (Å²) in [5.41, 5.74) is 5.85. The predicted octanol–water partition coefficient (Wildman–Crippen LogP) is 1.05. The van der Waals surface area contributed by atoms with E-state index >= 15 is 0 Å². The fourth-order valence-electron chi connectivity index (χ4n) is 2.42. The molecule has 0 saturated carbocycles. The van der Waals surface area contributed by atoms with Crippen molar-refractivity contribution in [3.8, 4) is 0 Å². The van der Waals surface area contributed by atoms with E-state index in [2.05, 4.69) is 34.9 Å². The summed E-state index contributed by atoms with van der Waals surface area (Å²) in [6.07, 6.45) is 1.18. The minimum atomic E-state index is -3.34. The molecule has 8 heteroatoms. The first kappa shape index (κ1) is 15.5. The summed E-state index contributed by atoms with van der Waals surface area (Å²) in [5.74, 6) is 0.116. The highest BCUT2D eigenvalue weighted by Crippen LogP contribution is 2.35. The Morgan fingerprint density at radius 2 is 1.75 bits per heavy atom. The van der Waals surface area contributed by atoms with Crippen molar-refractivity contribution in [2.24, 2.45) is 0 Å². The average molecular weight is 318 g/mol. The molecule has 1 aliphatic rings. The maximum atomic E-state index is 11.9. The third-order valence-electron chi connectivity index (χ3n) is 3.54. The van der Waals surface area contributed by atoms with Crippen molar-refractivity contribution in [3.63, 3.8) is 0 Å². The summed E-state index contributed by atoms with van der Waals surface area (Å²) < 4.78 is 27.7. The van der Waals surface area contributed by atoms with Crippen LogP contribution in [0.2, 0.25) is 0 Å². The van der Waals surface area contributed by atoms with Gasteiger partial charge in [-0.3, -0.25) is 4.90 Å². The van der Waals surface area contributed by atoms with Gasteiger partial charge >= 0.3 is 0 Å². The molecule has 6 nitrogen and oxygen atoms in total. The second-order valence-corrected chi connectivity index (χ2v) is 8.82. The van der Waals surface area contributed by atoms with Gasteiger partial charge in [0.2, 0.25) is 0 Å². The van der Waals surface area contributed by atoms with Crippen molar-refractivity contribution < 1.29 is 8.42 Å². The van der Waals surface area contributed by atoms with E-state index in [1.54, 1.807) is 0 Å². The summed E-state index contributed by atoms with van der Waals surface area (Å²) in [5, 5.41) is 0.679. The Balaban J connectivity index is 2.20. The standard InChI is InChI=1S/C12H22N4O2S2/c1-12(2,3)16-7-5-15(6-8-16)11-9(20(4,17)18)10(13)14-19-11/h5-8H2,1-4H3,(H2,13,14). The lowest BCUT2D eigenvalue weighted by Crippen LogP contribution is -2.53. The van der Waals surface area contributed by atoms with Crippen molar-refractivity contribution >= 4 is 32.2 Å². The SMILES string of the molecule is CC(C)(C)N1CCN(c2snc(N)c2S(C)(=O)=O)CC1. The fraction of sp³-hybridized carbons (Fsp3) is 0.750. The Hall–Kier alpha value is -0.860. The van der Waals surface area contributed by atoms with Gasteiger partial charge in [-0.25, -0.2) is 8.42 Å². The number of aromatic nitrogens is 1. The summed E-state index contributed by atoms with van der Waals surface area (Å²) in [4.78, 5) is 4.66. The monoisotopic (exact) mass is 318 g/mol. The zero-order valence-corrected chi connectivity index (χ0v) is 14.0. The van der Waals surface area contributed by atoms with Crippen LogP contribution in [0.5, 0.6) is 0 Å². The Morgan fingerprint density at radius 1 is 1.20 bits per heavy atom. The lowest BCUT2D eigenvalue weighted by atomic mass is 10.1. The number of anilines is 2. The molecule has 2 N–H and O–H groups in total. The molecule has 1 aromatic rings. The van der Waals surface area contributed by atoms with Crippen molar-refractivity contribution in [2.75, 3.05) is 43.1 Å². The molecule has 0 aliphatic carbocycles. The Bertz CT molecular complexity index is 581. The molecule has 0 bridgehead atoms. The molecule has 0 amide bonds. The molecule has 1 fully saturated rings. The summed E-state index contributed by atoms with van der Waals surface area (Å²) in [7, 11) is -3.34. The van der Waals surface area contributed by atoms with Crippen LogP contribution in [0.4, 0.5) is 10.8 Å². The van der Waals surface area contributed by atoms with Gasteiger partial charge < -0.3 is 10.6 Å². The molecular weight excluding hydrogens is 296 g/mol. The normalized spacial score (nSPS) is 18.5. The maximum absolute atomic E-state index is 11.9. The van der Waals surface area contributed by atoms with Gasteiger partial charge in [0.1, 0.15) is 9.90 Å². The van der Waals surface area contributed by atoms with Crippen LogP contribution in [0.15, 0.2) is 4.90 Å². The number of nitrogens with zero attached hydrogens (tertiary/aromatic N) is 3. The van der Waals surface area contributed by atoms with Crippen LogP contribution in [0.1, 0.15) is 20.8 Å². The van der Waals surface area contributed by atoms with Gasteiger partial charge in [0.05, 0.1) is 0 Å². The number of nitrogen functional groups attached to an aromatic ring is 1. The molecule has 2 rings (SSSR count). The van der Waals surface area contributed by atoms with Gasteiger partial charge in [0, 0.05) is 38.0 Å². The van der Waals surface area contributed by atoms with E-state index in [9.17, 15) is 8.42 Å². The Labute approximate surface area is 124 Å². The number of hydrogen-bond acceptors (Lipinski definition) is 7. The maximum Gasteiger partial charge on any atom is 0.182 e. The number of nitrogens with two attached hydrogens (primary N) is 1. The van der Waals surface area contributed by atoms with Gasteiger partial charge in [-0.05, 0) is 32.3 Å². The van der Waals surface area contributed by atoms with Crippen molar-refractivity contribution in [1.82, 2.24) is 9.27 Å². The molecular formula is C12H22N4O2S2. The van der Waals surface area contributed by atoms with Crippen molar-refractivity contribution in [1.29, 1.82) is 0 Å². The van der Waals surface area contributed by atoms with E-state index in [-0.39, 0.29) is 16.3 Å². The largest absolute Gasteiger partial charge is 0.382 e.